The van der Waals surface area contributed by atoms with Crippen LogP contribution in [0.15, 0.2) is 5.38 Å². The second-order valence-corrected chi connectivity index (χ2v) is 8.07. The minimum atomic E-state index is -0.423. The van der Waals surface area contributed by atoms with Gasteiger partial charge in [-0.3, -0.25) is 9.59 Å². The maximum absolute atomic E-state index is 13.3. The van der Waals surface area contributed by atoms with Crippen molar-refractivity contribution in [3.63, 3.8) is 0 Å². The van der Waals surface area contributed by atoms with Crippen LogP contribution >= 0.6 is 11.3 Å². The van der Waals surface area contributed by atoms with Crippen molar-refractivity contribution in [1.82, 2.24) is 20.5 Å². The molecule has 0 bridgehead atoms. The van der Waals surface area contributed by atoms with Gasteiger partial charge in [0.2, 0.25) is 11.8 Å². The summed E-state index contributed by atoms with van der Waals surface area (Å²) >= 11 is 1.64. The van der Waals surface area contributed by atoms with Gasteiger partial charge in [0.15, 0.2) is 0 Å². The Morgan fingerprint density at radius 1 is 1.32 bits per heavy atom. The third kappa shape index (κ3) is 3.87. The van der Waals surface area contributed by atoms with Crippen LogP contribution in [0.25, 0.3) is 0 Å². The SMILES string of the molecule is CN[C@@H](C)C(=O)N[C@H]1CCCC[C@H]2CC[C@@H](c3nc(C)cs3)N2C1=O. The maximum atomic E-state index is 13.3. The van der Waals surface area contributed by atoms with Crippen LogP contribution in [-0.4, -0.2) is 46.9 Å². The first-order chi connectivity index (χ1) is 12.0. The maximum Gasteiger partial charge on any atom is 0.245 e. The summed E-state index contributed by atoms with van der Waals surface area (Å²) in [6.07, 6.45) is 5.86. The Hall–Kier alpha value is -1.47. The van der Waals surface area contributed by atoms with E-state index in [0.29, 0.717) is 6.42 Å². The predicted octanol–water partition coefficient (Wildman–Crippen LogP) is 2.15. The molecule has 2 amide bonds. The molecule has 2 aliphatic heterocycles. The Balaban J connectivity index is 1.81. The summed E-state index contributed by atoms with van der Waals surface area (Å²) in [4.78, 5) is 32.2. The number of hydrogen-bond donors (Lipinski definition) is 2. The number of nitrogens with one attached hydrogen (secondary N) is 2. The number of rotatable bonds is 4. The van der Waals surface area contributed by atoms with Crippen molar-refractivity contribution < 1.29 is 9.59 Å². The largest absolute Gasteiger partial charge is 0.343 e. The van der Waals surface area contributed by atoms with E-state index in [9.17, 15) is 9.59 Å². The van der Waals surface area contributed by atoms with E-state index in [-0.39, 0.29) is 29.9 Å². The number of carbonyl (C=O) groups excluding carboxylic acids is 2. The molecule has 6 nitrogen and oxygen atoms in total. The zero-order valence-corrected chi connectivity index (χ0v) is 16.1. The number of thiazole rings is 1. The fourth-order valence-electron chi connectivity index (χ4n) is 3.86. The summed E-state index contributed by atoms with van der Waals surface area (Å²) < 4.78 is 0. The van der Waals surface area contributed by atoms with E-state index >= 15 is 0 Å². The molecular formula is C18H28N4O2S. The van der Waals surface area contributed by atoms with Gasteiger partial charge in [-0.15, -0.1) is 11.3 Å². The summed E-state index contributed by atoms with van der Waals surface area (Å²) in [6, 6.07) is -0.378. The molecule has 1 aromatic heterocycles. The molecular weight excluding hydrogens is 336 g/mol. The Morgan fingerprint density at radius 2 is 2.08 bits per heavy atom. The zero-order chi connectivity index (χ0) is 18.0. The van der Waals surface area contributed by atoms with Crippen LogP contribution in [0.4, 0.5) is 0 Å². The molecule has 0 aromatic carbocycles. The molecule has 2 aliphatic rings. The normalized spacial score (nSPS) is 28.2. The highest BCUT2D eigenvalue weighted by Gasteiger charge is 2.42. The van der Waals surface area contributed by atoms with Crippen LogP contribution in [0, 0.1) is 6.92 Å². The monoisotopic (exact) mass is 364 g/mol. The number of nitrogens with zero attached hydrogens (tertiary/aromatic N) is 2. The Morgan fingerprint density at radius 3 is 2.76 bits per heavy atom. The lowest BCUT2D eigenvalue weighted by molar-refractivity contribution is -0.140. The van der Waals surface area contributed by atoms with Crippen LogP contribution in [0.1, 0.15) is 62.2 Å². The van der Waals surface area contributed by atoms with E-state index in [0.717, 1.165) is 42.8 Å². The standard InChI is InChI=1S/C18H28N4O2S/c1-11-10-25-17(20-11)15-9-8-13-6-4-5-7-14(18(24)22(13)15)21-16(23)12(2)19-3/h10,12-15,19H,4-9H2,1-3H3,(H,21,23)/t12-,13-,14-,15-/m0/s1. The molecule has 3 rings (SSSR count). The van der Waals surface area contributed by atoms with Crippen molar-refractivity contribution in [2.45, 2.75) is 76.5 Å². The lowest BCUT2D eigenvalue weighted by Gasteiger charge is -2.35. The molecule has 0 spiro atoms. The number of carbonyl (C=O) groups is 2. The molecule has 7 heteroatoms. The number of aryl methyl sites for hydroxylation is 1. The van der Waals surface area contributed by atoms with Gasteiger partial charge in [-0.25, -0.2) is 4.98 Å². The molecule has 2 saturated heterocycles. The molecule has 138 valence electrons. The first-order valence-electron chi connectivity index (χ1n) is 9.23. The van der Waals surface area contributed by atoms with Crippen LogP contribution < -0.4 is 10.6 Å². The molecule has 4 atom stereocenters. The van der Waals surface area contributed by atoms with E-state index in [2.05, 4.69) is 15.6 Å². The molecule has 0 aliphatic carbocycles. The van der Waals surface area contributed by atoms with Gasteiger partial charge in [0, 0.05) is 17.1 Å². The third-order valence-corrected chi connectivity index (χ3v) is 6.46. The quantitative estimate of drug-likeness (QED) is 0.858. The first-order valence-corrected chi connectivity index (χ1v) is 10.1. The van der Waals surface area contributed by atoms with Gasteiger partial charge in [-0.2, -0.15) is 0 Å². The minimum Gasteiger partial charge on any atom is -0.343 e. The van der Waals surface area contributed by atoms with Crippen molar-refractivity contribution in [3.8, 4) is 0 Å². The topological polar surface area (TPSA) is 74.3 Å². The van der Waals surface area contributed by atoms with Gasteiger partial charge >= 0.3 is 0 Å². The molecule has 2 fully saturated rings. The smallest absolute Gasteiger partial charge is 0.245 e. The number of hydrogen-bond acceptors (Lipinski definition) is 5. The van der Waals surface area contributed by atoms with Crippen molar-refractivity contribution in [2.24, 2.45) is 0 Å². The second-order valence-electron chi connectivity index (χ2n) is 7.18. The molecule has 2 N–H and O–H groups in total. The van der Waals surface area contributed by atoms with Crippen LogP contribution in [-0.2, 0) is 9.59 Å². The average molecular weight is 365 g/mol. The molecule has 3 heterocycles. The van der Waals surface area contributed by atoms with E-state index in [1.54, 1.807) is 18.4 Å². The van der Waals surface area contributed by atoms with Crippen molar-refractivity contribution in [2.75, 3.05) is 7.05 Å². The van der Waals surface area contributed by atoms with E-state index in [1.807, 2.05) is 24.1 Å². The Labute approximate surface area is 153 Å². The summed E-state index contributed by atoms with van der Waals surface area (Å²) in [7, 11) is 1.75. The van der Waals surface area contributed by atoms with E-state index in [4.69, 9.17) is 0 Å². The fraction of sp³-hybridized carbons (Fsp3) is 0.722. The van der Waals surface area contributed by atoms with Crippen LogP contribution in [0.5, 0.6) is 0 Å². The third-order valence-electron chi connectivity index (χ3n) is 5.40. The lowest BCUT2D eigenvalue weighted by atomic mass is 9.98. The summed E-state index contributed by atoms with van der Waals surface area (Å²) in [5, 5.41) is 8.98. The van der Waals surface area contributed by atoms with Crippen LogP contribution in [0.3, 0.4) is 0 Å². The highest BCUT2D eigenvalue weighted by atomic mass is 32.1. The van der Waals surface area contributed by atoms with Crippen LogP contribution in [0.2, 0.25) is 0 Å². The highest BCUT2D eigenvalue weighted by Crippen LogP contribution is 2.40. The van der Waals surface area contributed by atoms with Gasteiger partial charge in [0.05, 0.1) is 12.1 Å². The fourth-order valence-corrected chi connectivity index (χ4v) is 4.79. The van der Waals surface area contributed by atoms with Gasteiger partial charge in [-0.1, -0.05) is 12.8 Å². The first kappa shape index (κ1) is 18.3. The van der Waals surface area contributed by atoms with Gasteiger partial charge in [0.1, 0.15) is 11.0 Å². The highest BCUT2D eigenvalue weighted by molar-refractivity contribution is 7.09. The Bertz CT molecular complexity index is 632. The number of likely N-dealkylation sites (N-methyl/N-ethyl adjacent to an activating group) is 1. The summed E-state index contributed by atoms with van der Waals surface area (Å²) in [6.45, 7) is 3.80. The van der Waals surface area contributed by atoms with Gasteiger partial charge in [0.25, 0.3) is 0 Å². The van der Waals surface area contributed by atoms with Gasteiger partial charge in [-0.05, 0) is 46.6 Å². The molecule has 0 radical (unpaired) electrons. The van der Waals surface area contributed by atoms with Crippen molar-refractivity contribution >= 4 is 23.2 Å². The summed E-state index contributed by atoms with van der Waals surface area (Å²) in [5.74, 6) is -0.0458. The molecule has 1 aromatic rings. The van der Waals surface area contributed by atoms with E-state index in [1.165, 1.54) is 0 Å². The molecule has 25 heavy (non-hydrogen) atoms. The van der Waals surface area contributed by atoms with E-state index < -0.39 is 6.04 Å². The number of aromatic nitrogens is 1. The zero-order valence-electron chi connectivity index (χ0n) is 15.2. The van der Waals surface area contributed by atoms with Crippen molar-refractivity contribution in [1.29, 1.82) is 0 Å². The molecule has 0 unspecified atom stereocenters. The number of fused-ring (bicyclic) bond motifs is 1. The predicted molar refractivity (Wildman–Crippen MR) is 98.4 cm³/mol. The summed E-state index contributed by atoms with van der Waals surface area (Å²) in [5.41, 5.74) is 1.01. The van der Waals surface area contributed by atoms with Gasteiger partial charge < -0.3 is 15.5 Å². The Kier molecular flexibility index (Phi) is 5.74. The van der Waals surface area contributed by atoms with Crippen molar-refractivity contribution in [3.05, 3.63) is 16.1 Å². The lowest BCUT2D eigenvalue weighted by Crippen LogP contribution is -2.54. The second kappa shape index (κ2) is 7.83. The molecule has 0 saturated carbocycles. The number of amides is 2. The average Bonchev–Trinajstić information content (AvgIpc) is 3.20. The minimum absolute atomic E-state index is 0.0652.